The molecule has 0 saturated carbocycles. The Morgan fingerprint density at radius 3 is 2.00 bits per heavy atom. The van der Waals surface area contributed by atoms with E-state index < -0.39 is 0 Å². The number of aryl methyl sites for hydroxylation is 3. The van der Waals surface area contributed by atoms with Gasteiger partial charge in [0.2, 0.25) is 0 Å². The maximum atomic E-state index is 13.2. The fourth-order valence-corrected chi connectivity index (χ4v) is 4.21. The van der Waals surface area contributed by atoms with Crippen molar-refractivity contribution in [1.82, 2.24) is 9.80 Å². The highest BCUT2D eigenvalue weighted by Crippen LogP contribution is 2.25. The van der Waals surface area contributed by atoms with E-state index in [0.29, 0.717) is 13.1 Å². The Morgan fingerprint density at radius 2 is 1.39 bits per heavy atom. The molecule has 0 bridgehead atoms. The first-order valence-electron chi connectivity index (χ1n) is 11.7. The quantitative estimate of drug-likeness (QED) is 0.328. The average Bonchev–Trinajstić information content (AvgIpc) is 2.98. The molecule has 1 aliphatic heterocycles. The number of benzene rings is 2. The van der Waals surface area contributed by atoms with Gasteiger partial charge in [0.15, 0.2) is 0 Å². The summed E-state index contributed by atoms with van der Waals surface area (Å²) >= 11 is 0. The summed E-state index contributed by atoms with van der Waals surface area (Å²) in [5, 5.41) is 0. The molecule has 0 spiro atoms. The molecule has 2 aromatic rings. The van der Waals surface area contributed by atoms with Crippen LogP contribution in [0.25, 0.3) is 0 Å². The van der Waals surface area contributed by atoms with Crippen molar-refractivity contribution in [1.29, 1.82) is 0 Å². The summed E-state index contributed by atoms with van der Waals surface area (Å²) in [5.74, 6) is -0.0371. The molecule has 1 fully saturated rings. The van der Waals surface area contributed by atoms with Crippen LogP contribution in [-0.2, 0) is 17.8 Å². The van der Waals surface area contributed by atoms with E-state index in [0.717, 1.165) is 44.1 Å². The highest BCUT2D eigenvalue weighted by atomic mass is 16.2. The van der Waals surface area contributed by atoms with Crippen LogP contribution in [0.5, 0.6) is 0 Å². The Bertz CT molecular complexity index is 858. The van der Waals surface area contributed by atoms with Gasteiger partial charge in [-0.05, 0) is 50.7 Å². The number of carbonyl (C=O) groups is 2. The lowest BCUT2D eigenvalue weighted by molar-refractivity contribution is -0.128. The summed E-state index contributed by atoms with van der Waals surface area (Å²) in [6, 6.07) is 16.2. The van der Waals surface area contributed by atoms with E-state index in [9.17, 15) is 9.59 Å². The third-order valence-corrected chi connectivity index (χ3v) is 6.18. The molecule has 0 aliphatic carbocycles. The molecule has 166 valence electrons. The Morgan fingerprint density at radius 1 is 0.774 bits per heavy atom. The second-order valence-corrected chi connectivity index (χ2v) is 8.84. The maximum Gasteiger partial charge on any atom is 0.327 e. The van der Waals surface area contributed by atoms with E-state index in [1.54, 1.807) is 0 Å². The van der Waals surface area contributed by atoms with Gasteiger partial charge in [-0.15, -0.1) is 0 Å². The van der Waals surface area contributed by atoms with Crippen LogP contribution in [-0.4, -0.2) is 34.3 Å². The second-order valence-electron chi connectivity index (χ2n) is 8.84. The zero-order valence-corrected chi connectivity index (χ0v) is 19.3. The Hall–Kier alpha value is -2.62. The molecule has 1 aliphatic rings. The first-order valence-corrected chi connectivity index (χ1v) is 11.7. The number of imide groups is 1. The third kappa shape index (κ3) is 6.19. The van der Waals surface area contributed by atoms with Gasteiger partial charge in [-0.3, -0.25) is 9.69 Å². The topological polar surface area (TPSA) is 40.6 Å². The molecule has 0 aromatic heterocycles. The zero-order chi connectivity index (χ0) is 22.2. The molecule has 0 radical (unpaired) electrons. The maximum absolute atomic E-state index is 13.2. The van der Waals surface area contributed by atoms with Crippen LogP contribution >= 0.6 is 0 Å². The lowest BCUT2D eigenvalue weighted by Crippen LogP contribution is -2.36. The van der Waals surface area contributed by atoms with Crippen LogP contribution in [0.3, 0.4) is 0 Å². The number of hydrogen-bond acceptors (Lipinski definition) is 2. The molecule has 2 aromatic carbocycles. The molecule has 1 saturated heterocycles. The van der Waals surface area contributed by atoms with Gasteiger partial charge < -0.3 is 4.90 Å². The van der Waals surface area contributed by atoms with Gasteiger partial charge in [-0.1, -0.05) is 85.8 Å². The fourth-order valence-electron chi connectivity index (χ4n) is 4.21. The van der Waals surface area contributed by atoms with E-state index in [2.05, 4.69) is 38.1 Å². The van der Waals surface area contributed by atoms with Crippen LogP contribution in [0.2, 0.25) is 0 Å². The molecule has 31 heavy (non-hydrogen) atoms. The van der Waals surface area contributed by atoms with Crippen molar-refractivity contribution in [3.63, 3.8) is 0 Å². The number of rotatable bonds is 11. The first-order chi connectivity index (χ1) is 15.0. The lowest BCUT2D eigenvalue weighted by atomic mass is 10.0. The Balaban J connectivity index is 1.66. The number of unbranched alkanes of at least 4 members (excludes halogenated alkanes) is 3. The number of urea groups is 1. The largest absolute Gasteiger partial charge is 0.327 e. The Labute approximate surface area is 187 Å². The first kappa shape index (κ1) is 23.1. The second kappa shape index (κ2) is 11.1. The predicted molar refractivity (Wildman–Crippen MR) is 126 cm³/mol. The fraction of sp³-hybridized carbons (Fsp3) is 0.481. The molecule has 1 unspecified atom stereocenters. The minimum absolute atomic E-state index is 0.0371. The van der Waals surface area contributed by atoms with E-state index in [1.807, 2.05) is 36.1 Å². The zero-order valence-electron chi connectivity index (χ0n) is 19.3. The number of hydrogen-bond donors (Lipinski definition) is 0. The highest BCUT2D eigenvalue weighted by Gasteiger charge is 2.44. The van der Waals surface area contributed by atoms with Crippen molar-refractivity contribution in [3.05, 3.63) is 70.8 Å². The van der Waals surface area contributed by atoms with E-state index in [-0.39, 0.29) is 18.0 Å². The van der Waals surface area contributed by atoms with Crippen LogP contribution in [0.1, 0.15) is 67.7 Å². The molecule has 4 heteroatoms. The van der Waals surface area contributed by atoms with Gasteiger partial charge in [0.05, 0.1) is 6.54 Å². The minimum atomic E-state index is -0.329. The third-order valence-electron chi connectivity index (χ3n) is 6.18. The normalized spacial score (nSPS) is 16.4. The summed E-state index contributed by atoms with van der Waals surface area (Å²) in [7, 11) is 0. The summed E-state index contributed by atoms with van der Waals surface area (Å²) in [6.45, 7) is 7.34. The van der Waals surface area contributed by atoms with Crippen LogP contribution < -0.4 is 0 Å². The lowest BCUT2D eigenvalue weighted by Gasteiger charge is -2.22. The smallest absolute Gasteiger partial charge is 0.312 e. The SMILES string of the molecule is CCCCCCN1C(=O)N(Cc2ccc(C)cc2)C(=O)C1CCCc1ccc(C)cc1. The molecule has 3 amide bonds. The number of carbonyl (C=O) groups excluding carboxylic acids is 2. The highest BCUT2D eigenvalue weighted by molar-refractivity contribution is 6.04. The molecule has 1 atom stereocenters. The van der Waals surface area contributed by atoms with Crippen molar-refractivity contribution in [2.45, 2.75) is 78.3 Å². The van der Waals surface area contributed by atoms with Gasteiger partial charge in [0.1, 0.15) is 6.04 Å². The van der Waals surface area contributed by atoms with Crippen molar-refractivity contribution >= 4 is 11.9 Å². The summed E-state index contributed by atoms with van der Waals surface area (Å²) in [4.78, 5) is 29.7. The van der Waals surface area contributed by atoms with Crippen LogP contribution in [0.15, 0.2) is 48.5 Å². The number of amides is 3. The number of nitrogens with zero attached hydrogens (tertiary/aromatic N) is 2. The van der Waals surface area contributed by atoms with Crippen molar-refractivity contribution in [2.24, 2.45) is 0 Å². The average molecular weight is 421 g/mol. The van der Waals surface area contributed by atoms with E-state index in [1.165, 1.54) is 28.0 Å². The summed E-state index contributed by atoms with van der Waals surface area (Å²) in [6.07, 6.45) is 6.93. The Kier molecular flexibility index (Phi) is 8.27. The van der Waals surface area contributed by atoms with E-state index in [4.69, 9.17) is 0 Å². The predicted octanol–water partition coefficient (Wildman–Crippen LogP) is 6.04. The molecular formula is C27H36N2O2. The molecule has 3 rings (SSSR count). The van der Waals surface area contributed by atoms with Gasteiger partial charge in [0.25, 0.3) is 5.91 Å². The van der Waals surface area contributed by atoms with Gasteiger partial charge in [0, 0.05) is 6.54 Å². The van der Waals surface area contributed by atoms with Crippen LogP contribution in [0.4, 0.5) is 4.79 Å². The van der Waals surface area contributed by atoms with Crippen LogP contribution in [0, 0.1) is 13.8 Å². The van der Waals surface area contributed by atoms with Gasteiger partial charge in [-0.25, -0.2) is 4.79 Å². The van der Waals surface area contributed by atoms with E-state index >= 15 is 0 Å². The monoisotopic (exact) mass is 420 g/mol. The molecule has 0 N–H and O–H groups in total. The summed E-state index contributed by atoms with van der Waals surface area (Å²) in [5.41, 5.74) is 4.71. The molecular weight excluding hydrogens is 384 g/mol. The minimum Gasteiger partial charge on any atom is -0.312 e. The molecule has 4 nitrogen and oxygen atoms in total. The molecule has 1 heterocycles. The van der Waals surface area contributed by atoms with Crippen molar-refractivity contribution in [2.75, 3.05) is 6.54 Å². The standard InChI is InChI=1S/C27H36N2O2/c1-4-5-6-7-19-28-25(10-8-9-23-15-11-21(2)12-16-23)26(30)29(27(28)31)20-24-17-13-22(3)14-18-24/h11-18,25H,4-10,19-20H2,1-3H3. The summed E-state index contributed by atoms with van der Waals surface area (Å²) < 4.78 is 0. The van der Waals surface area contributed by atoms with Gasteiger partial charge >= 0.3 is 6.03 Å². The van der Waals surface area contributed by atoms with Gasteiger partial charge in [-0.2, -0.15) is 0 Å². The van der Waals surface area contributed by atoms with Crippen molar-refractivity contribution < 1.29 is 9.59 Å². The van der Waals surface area contributed by atoms with Crippen molar-refractivity contribution in [3.8, 4) is 0 Å².